The van der Waals surface area contributed by atoms with E-state index >= 15 is 0 Å². The van der Waals surface area contributed by atoms with Crippen molar-refractivity contribution >= 4 is 17.8 Å². The molecule has 0 aromatic heterocycles. The van der Waals surface area contributed by atoms with Gasteiger partial charge in [0.2, 0.25) is 5.91 Å². The molecule has 1 saturated heterocycles. The number of amides is 4. The Morgan fingerprint density at radius 2 is 1.90 bits per heavy atom. The van der Waals surface area contributed by atoms with E-state index in [0.717, 1.165) is 24.8 Å². The molecule has 2 aliphatic heterocycles. The summed E-state index contributed by atoms with van der Waals surface area (Å²) in [4.78, 5) is 39.0. The van der Waals surface area contributed by atoms with E-state index in [-0.39, 0.29) is 36.9 Å². The van der Waals surface area contributed by atoms with E-state index in [2.05, 4.69) is 10.6 Å². The van der Waals surface area contributed by atoms with E-state index in [1.807, 2.05) is 25.1 Å². The fraction of sp³-hybridized carbons (Fsp3) is 0.591. The summed E-state index contributed by atoms with van der Waals surface area (Å²) >= 11 is 0. The van der Waals surface area contributed by atoms with Crippen LogP contribution in [0.2, 0.25) is 0 Å². The standard InChI is InChI=1S/C22H29N3O5/c1-2-16(15-6-7-17-18(14-15)30-13-12-29-17)23-19(26)8-11-25-20(27)22(24-21(25)28)9-4-3-5-10-22/h6-7,14,16H,2-5,8-13H2,1H3,(H,23,26)(H,24,28). The first kappa shape index (κ1) is 20.5. The van der Waals surface area contributed by atoms with Crippen molar-refractivity contribution in [2.75, 3.05) is 19.8 Å². The van der Waals surface area contributed by atoms with Gasteiger partial charge in [0.25, 0.3) is 5.91 Å². The van der Waals surface area contributed by atoms with E-state index in [9.17, 15) is 14.4 Å². The van der Waals surface area contributed by atoms with Crippen LogP contribution in [0.3, 0.4) is 0 Å². The average molecular weight is 415 g/mol. The van der Waals surface area contributed by atoms with Crippen molar-refractivity contribution < 1.29 is 23.9 Å². The van der Waals surface area contributed by atoms with Crippen molar-refractivity contribution in [2.45, 2.75) is 63.5 Å². The quantitative estimate of drug-likeness (QED) is 0.697. The summed E-state index contributed by atoms with van der Waals surface area (Å²) in [6, 6.07) is 5.12. The Hall–Kier alpha value is -2.77. The molecule has 2 heterocycles. The van der Waals surface area contributed by atoms with Gasteiger partial charge in [-0.25, -0.2) is 4.79 Å². The lowest BCUT2D eigenvalue weighted by Gasteiger charge is -2.30. The number of urea groups is 1. The van der Waals surface area contributed by atoms with Gasteiger partial charge in [0.05, 0.1) is 6.04 Å². The molecule has 0 bridgehead atoms. The highest BCUT2D eigenvalue weighted by Gasteiger charge is 2.51. The molecule has 4 amide bonds. The molecule has 162 valence electrons. The van der Waals surface area contributed by atoms with Crippen LogP contribution in [0.25, 0.3) is 0 Å². The lowest BCUT2D eigenvalue weighted by atomic mass is 9.82. The molecule has 1 spiro atoms. The summed E-state index contributed by atoms with van der Waals surface area (Å²) in [6.07, 6.45) is 5.12. The zero-order valence-electron chi connectivity index (χ0n) is 17.4. The maximum absolute atomic E-state index is 12.8. The van der Waals surface area contributed by atoms with E-state index in [4.69, 9.17) is 9.47 Å². The van der Waals surface area contributed by atoms with Crippen molar-refractivity contribution in [3.8, 4) is 11.5 Å². The number of rotatable bonds is 6. The Kier molecular flexibility index (Phi) is 5.83. The third-order valence-electron chi connectivity index (χ3n) is 6.23. The Balaban J connectivity index is 1.35. The molecule has 2 N–H and O–H groups in total. The fourth-order valence-corrected chi connectivity index (χ4v) is 4.55. The molecule has 0 radical (unpaired) electrons. The second-order valence-electron chi connectivity index (χ2n) is 8.21. The number of carbonyl (C=O) groups is 3. The maximum Gasteiger partial charge on any atom is 0.325 e. The number of imide groups is 1. The van der Waals surface area contributed by atoms with Crippen LogP contribution in [-0.2, 0) is 9.59 Å². The van der Waals surface area contributed by atoms with Crippen LogP contribution in [0.4, 0.5) is 4.79 Å². The van der Waals surface area contributed by atoms with Crippen molar-refractivity contribution in [3.05, 3.63) is 23.8 Å². The Labute approximate surface area is 176 Å². The van der Waals surface area contributed by atoms with Crippen LogP contribution in [-0.4, -0.2) is 48.0 Å². The van der Waals surface area contributed by atoms with Crippen molar-refractivity contribution in [1.29, 1.82) is 0 Å². The van der Waals surface area contributed by atoms with Crippen molar-refractivity contribution in [3.63, 3.8) is 0 Å². The first-order chi connectivity index (χ1) is 14.5. The largest absolute Gasteiger partial charge is 0.486 e. The van der Waals surface area contributed by atoms with Gasteiger partial charge in [0.1, 0.15) is 18.8 Å². The van der Waals surface area contributed by atoms with Gasteiger partial charge in [0, 0.05) is 13.0 Å². The minimum atomic E-state index is -0.747. The molecule has 1 aromatic carbocycles. The molecular formula is C22H29N3O5. The fourth-order valence-electron chi connectivity index (χ4n) is 4.55. The molecule has 8 heteroatoms. The summed E-state index contributed by atoms with van der Waals surface area (Å²) < 4.78 is 11.2. The van der Waals surface area contributed by atoms with E-state index in [1.165, 1.54) is 4.90 Å². The van der Waals surface area contributed by atoms with Crippen LogP contribution < -0.4 is 20.1 Å². The van der Waals surface area contributed by atoms with Gasteiger partial charge in [-0.2, -0.15) is 0 Å². The molecule has 2 fully saturated rings. The van der Waals surface area contributed by atoms with E-state index < -0.39 is 5.54 Å². The highest BCUT2D eigenvalue weighted by Crippen LogP contribution is 2.34. The Morgan fingerprint density at radius 1 is 1.17 bits per heavy atom. The van der Waals surface area contributed by atoms with Gasteiger partial charge in [-0.1, -0.05) is 32.3 Å². The molecule has 30 heavy (non-hydrogen) atoms. The van der Waals surface area contributed by atoms with Gasteiger partial charge >= 0.3 is 6.03 Å². The van der Waals surface area contributed by atoms with Gasteiger partial charge in [-0.15, -0.1) is 0 Å². The minimum absolute atomic E-state index is 0.0797. The predicted molar refractivity (Wildman–Crippen MR) is 109 cm³/mol. The van der Waals surface area contributed by atoms with Crippen LogP contribution in [0, 0.1) is 0 Å². The number of hydrogen-bond donors (Lipinski definition) is 2. The maximum atomic E-state index is 12.8. The normalized spacial score (nSPS) is 20.8. The van der Waals surface area contributed by atoms with Crippen LogP contribution in [0.1, 0.15) is 63.5 Å². The van der Waals surface area contributed by atoms with Gasteiger partial charge in [-0.3, -0.25) is 14.5 Å². The van der Waals surface area contributed by atoms with Crippen LogP contribution in [0.5, 0.6) is 11.5 Å². The molecule has 1 aliphatic carbocycles. The SMILES string of the molecule is CCC(NC(=O)CCN1C(=O)NC2(CCCCC2)C1=O)c1ccc2c(c1)OCCO2. The number of ether oxygens (including phenoxy) is 2. The number of nitrogens with zero attached hydrogens (tertiary/aromatic N) is 1. The number of benzene rings is 1. The lowest BCUT2D eigenvalue weighted by molar-refractivity contribution is -0.132. The van der Waals surface area contributed by atoms with Crippen LogP contribution in [0.15, 0.2) is 18.2 Å². The average Bonchev–Trinajstić information content (AvgIpc) is 2.99. The summed E-state index contributed by atoms with van der Waals surface area (Å²) in [7, 11) is 0. The second kappa shape index (κ2) is 8.53. The van der Waals surface area contributed by atoms with Crippen molar-refractivity contribution in [1.82, 2.24) is 15.5 Å². The van der Waals surface area contributed by atoms with Gasteiger partial charge < -0.3 is 20.1 Å². The molecule has 1 unspecified atom stereocenters. The predicted octanol–water partition coefficient (Wildman–Crippen LogP) is 2.67. The minimum Gasteiger partial charge on any atom is -0.486 e. The number of carbonyl (C=O) groups excluding carboxylic acids is 3. The lowest BCUT2D eigenvalue weighted by Crippen LogP contribution is -2.48. The highest BCUT2D eigenvalue weighted by molar-refractivity contribution is 6.07. The molecule has 1 atom stereocenters. The zero-order chi connectivity index (χ0) is 21.1. The molecule has 8 nitrogen and oxygen atoms in total. The molecule has 1 saturated carbocycles. The zero-order valence-corrected chi connectivity index (χ0v) is 17.4. The number of hydrogen-bond acceptors (Lipinski definition) is 5. The third-order valence-corrected chi connectivity index (χ3v) is 6.23. The Morgan fingerprint density at radius 3 is 2.63 bits per heavy atom. The summed E-state index contributed by atoms with van der Waals surface area (Å²) in [5, 5.41) is 5.89. The van der Waals surface area contributed by atoms with Gasteiger partial charge in [-0.05, 0) is 37.0 Å². The summed E-state index contributed by atoms with van der Waals surface area (Å²) in [6.45, 7) is 3.12. The topological polar surface area (TPSA) is 97.0 Å². The Bertz CT molecular complexity index is 834. The van der Waals surface area contributed by atoms with Gasteiger partial charge in [0.15, 0.2) is 11.5 Å². The van der Waals surface area contributed by atoms with Crippen LogP contribution >= 0.6 is 0 Å². The summed E-state index contributed by atoms with van der Waals surface area (Å²) in [5.74, 6) is 1.02. The molecule has 4 rings (SSSR count). The second-order valence-corrected chi connectivity index (χ2v) is 8.21. The van der Waals surface area contributed by atoms with E-state index in [1.54, 1.807) is 0 Å². The van der Waals surface area contributed by atoms with E-state index in [0.29, 0.717) is 44.0 Å². The summed E-state index contributed by atoms with van der Waals surface area (Å²) in [5.41, 5.74) is 0.189. The van der Waals surface area contributed by atoms with Crippen molar-refractivity contribution in [2.24, 2.45) is 0 Å². The third kappa shape index (κ3) is 3.95. The monoisotopic (exact) mass is 415 g/mol. The highest BCUT2D eigenvalue weighted by atomic mass is 16.6. The molecular weight excluding hydrogens is 386 g/mol. The first-order valence-electron chi connectivity index (χ1n) is 10.9. The first-order valence-corrected chi connectivity index (χ1v) is 10.9. The molecule has 3 aliphatic rings. The number of nitrogens with one attached hydrogen (secondary N) is 2. The number of fused-ring (bicyclic) bond motifs is 1. The smallest absolute Gasteiger partial charge is 0.325 e. The molecule has 1 aromatic rings.